The molecule has 0 bridgehead atoms. The molecular weight excluding hydrogens is 622 g/mol. The fourth-order valence-electron chi connectivity index (χ4n) is 6.67. The van der Waals surface area contributed by atoms with Crippen molar-refractivity contribution < 1.29 is 9.79 Å². The number of hydrogen-bond acceptors (Lipinski definition) is 2. The molecule has 2 unspecified atom stereocenters. The number of hydrogen-bond donors (Lipinski definition) is 0. The highest BCUT2D eigenvalue weighted by Gasteiger charge is 2.33. The number of benzene rings is 6. The second-order valence-electron chi connectivity index (χ2n) is 11.7. The van der Waals surface area contributed by atoms with Crippen LogP contribution in [-0.2, 0) is 0 Å². The summed E-state index contributed by atoms with van der Waals surface area (Å²) in [4.78, 5) is 30.2. The van der Waals surface area contributed by atoms with Crippen LogP contribution in [0.1, 0.15) is 22.3 Å². The first kappa shape index (κ1) is 30.2. The van der Waals surface area contributed by atoms with Crippen molar-refractivity contribution in [1.82, 2.24) is 0 Å². The summed E-state index contributed by atoms with van der Waals surface area (Å²) in [7, 11) is -4.12. The third-order valence-corrected chi connectivity index (χ3v) is 12.2. The Balaban J connectivity index is 1.47. The van der Waals surface area contributed by atoms with Crippen molar-refractivity contribution >= 4 is 60.0 Å². The van der Waals surface area contributed by atoms with Gasteiger partial charge in [0.1, 0.15) is 0 Å². The summed E-state index contributed by atoms with van der Waals surface area (Å²) in [6.45, 7) is 0. The molecule has 2 nitrogen and oxygen atoms in total. The normalized spacial score (nSPS) is 17.0. The fraction of sp³-hybridized carbons (Fsp3) is 0. The van der Waals surface area contributed by atoms with Crippen molar-refractivity contribution in [3.8, 4) is 22.3 Å². The van der Waals surface area contributed by atoms with E-state index in [0.29, 0.717) is 0 Å². The molecule has 0 saturated heterocycles. The molecule has 0 amide bonds. The molecule has 228 valence electrons. The Morgan fingerprint density at radius 2 is 0.646 bits per heavy atom. The van der Waals surface area contributed by atoms with Gasteiger partial charge in [-0.05, 0) is 82.0 Å². The maximum atomic E-state index is 15.1. The Morgan fingerprint density at radius 3 is 1.06 bits per heavy atom. The standard InChI is InChI=1S/C44H30O2P2/c45-47(39-25-13-11-21-35(39)31-15-3-1-4-16-31)41-29-27-33-19-7-9-23-37(33)43(41)44-38-24-10-8-20-34(38)28-30-42(44)48(46)40-26-14-12-22-36(40)32-17-5-2-6-18-32/h1-30H. The van der Waals surface area contributed by atoms with Crippen molar-refractivity contribution in [2.45, 2.75) is 0 Å². The van der Waals surface area contributed by atoms with Crippen LogP contribution >= 0.6 is 15.5 Å². The van der Waals surface area contributed by atoms with Gasteiger partial charge in [0.25, 0.3) is 0 Å². The molecule has 8 rings (SSSR count). The number of rotatable bonds is 4. The molecule has 0 spiro atoms. The van der Waals surface area contributed by atoms with E-state index < -0.39 is 15.5 Å². The highest BCUT2D eigenvalue weighted by Crippen LogP contribution is 2.44. The van der Waals surface area contributed by atoms with Gasteiger partial charge in [-0.1, -0.05) is 133 Å². The molecule has 0 aromatic heterocycles. The molecular formula is C44H30O2P2. The minimum absolute atomic E-state index is 0.726. The minimum Gasteiger partial charge on any atom is -0.625 e. The summed E-state index contributed by atoms with van der Waals surface area (Å²) in [6.07, 6.45) is 8.13. The monoisotopic (exact) mass is 652 g/mol. The maximum absolute atomic E-state index is 15.1. The van der Waals surface area contributed by atoms with E-state index in [-0.39, 0.29) is 0 Å². The van der Waals surface area contributed by atoms with Crippen LogP contribution < -0.4 is 20.4 Å². The van der Waals surface area contributed by atoms with Crippen molar-refractivity contribution in [3.05, 3.63) is 192 Å². The largest absolute Gasteiger partial charge is 0.625 e. The van der Waals surface area contributed by atoms with Gasteiger partial charge >= 0.3 is 0 Å². The van der Waals surface area contributed by atoms with Crippen LogP contribution in [0.15, 0.2) is 170 Å². The topological polar surface area (TPSA) is 46.1 Å². The van der Waals surface area contributed by atoms with Crippen molar-refractivity contribution in [2.24, 2.45) is 0 Å². The van der Waals surface area contributed by atoms with Gasteiger partial charge in [0.2, 0.25) is 0 Å². The minimum atomic E-state index is -2.06. The summed E-state index contributed by atoms with van der Waals surface area (Å²) in [5, 5.41) is 3.00. The van der Waals surface area contributed by atoms with E-state index in [9.17, 15) is 0 Å². The fourth-order valence-corrected chi connectivity index (χ4v) is 9.77. The molecule has 0 heterocycles. The van der Waals surface area contributed by atoms with E-state index in [1.807, 2.05) is 121 Å². The summed E-state index contributed by atoms with van der Waals surface area (Å²) in [5.74, 6) is 0. The third-order valence-electron chi connectivity index (χ3n) is 8.92. The second kappa shape index (κ2) is 13.1. The smallest absolute Gasteiger partial charge is 0.154 e. The molecule has 6 aromatic carbocycles. The van der Waals surface area contributed by atoms with Crippen molar-refractivity contribution in [1.29, 1.82) is 0 Å². The van der Waals surface area contributed by atoms with E-state index in [0.717, 1.165) is 76.8 Å². The number of fused-ring (bicyclic) bond motifs is 2. The van der Waals surface area contributed by atoms with Gasteiger partial charge < -0.3 is 9.79 Å². The summed E-state index contributed by atoms with van der Waals surface area (Å²) in [5.41, 5.74) is 9.69. The van der Waals surface area contributed by atoms with Gasteiger partial charge in [-0.25, -0.2) is 0 Å². The number of allylic oxidation sites excluding steroid dienone is 4. The van der Waals surface area contributed by atoms with Gasteiger partial charge in [0, 0.05) is 22.3 Å². The zero-order valence-electron chi connectivity index (χ0n) is 26.0. The van der Waals surface area contributed by atoms with Gasteiger partial charge in [0.05, 0.1) is 15.5 Å². The van der Waals surface area contributed by atoms with E-state index in [1.165, 1.54) is 0 Å². The SMILES string of the molecule is [O-][P+](=C1C=Cc2ccccc2C1=C1C(=[P+]([O-])c2ccccc2-c2ccccc2)C=Cc2ccccc21)c1ccccc1-c1ccccc1. The predicted octanol–water partition coefficient (Wildman–Crippen LogP) is 8.50. The van der Waals surface area contributed by atoms with Crippen molar-refractivity contribution in [3.63, 3.8) is 0 Å². The van der Waals surface area contributed by atoms with Gasteiger partial charge in [0.15, 0.2) is 21.2 Å². The highest BCUT2D eigenvalue weighted by atomic mass is 31.1. The first-order valence-corrected chi connectivity index (χ1v) is 18.5. The van der Waals surface area contributed by atoms with Crippen LogP contribution in [0.4, 0.5) is 0 Å². The molecule has 0 N–H and O–H groups in total. The quantitative estimate of drug-likeness (QED) is 0.179. The van der Waals surface area contributed by atoms with Crippen molar-refractivity contribution in [2.75, 3.05) is 0 Å². The molecule has 2 aliphatic rings. The second-order valence-corrected chi connectivity index (χ2v) is 14.8. The summed E-state index contributed by atoms with van der Waals surface area (Å²) in [6, 6.07) is 52.6. The van der Waals surface area contributed by atoms with Crippen LogP contribution in [-0.4, -0.2) is 10.6 Å². The predicted molar refractivity (Wildman–Crippen MR) is 205 cm³/mol. The Labute approximate surface area is 283 Å². The zero-order valence-corrected chi connectivity index (χ0v) is 27.8. The zero-order chi connectivity index (χ0) is 32.5. The van der Waals surface area contributed by atoms with Crippen LogP contribution in [0, 0.1) is 0 Å². The highest BCUT2D eigenvalue weighted by molar-refractivity contribution is 7.63. The lowest BCUT2D eigenvalue weighted by atomic mass is 9.82. The molecule has 2 atom stereocenters. The molecule has 0 aliphatic heterocycles. The summed E-state index contributed by atoms with van der Waals surface area (Å²) < 4.78 is 0. The molecule has 2 aliphatic carbocycles. The van der Waals surface area contributed by atoms with Crippen LogP contribution in [0.25, 0.3) is 45.6 Å². The van der Waals surface area contributed by atoms with E-state index in [2.05, 4.69) is 60.7 Å². The molecule has 0 radical (unpaired) electrons. The Hall–Kier alpha value is -5.20. The van der Waals surface area contributed by atoms with Crippen LogP contribution in [0.2, 0.25) is 0 Å². The first-order chi connectivity index (χ1) is 23.7. The average molecular weight is 653 g/mol. The Morgan fingerprint density at radius 1 is 0.312 bits per heavy atom. The van der Waals surface area contributed by atoms with Crippen LogP contribution in [0.5, 0.6) is 0 Å². The molecule has 4 heteroatoms. The first-order valence-electron chi connectivity index (χ1n) is 16.0. The lowest BCUT2D eigenvalue weighted by Gasteiger charge is -2.24. The average Bonchev–Trinajstić information content (AvgIpc) is 3.17. The molecule has 48 heavy (non-hydrogen) atoms. The third kappa shape index (κ3) is 5.46. The lowest BCUT2D eigenvalue weighted by Crippen LogP contribution is -2.21. The van der Waals surface area contributed by atoms with Gasteiger partial charge in [-0.15, -0.1) is 0 Å². The van der Waals surface area contributed by atoms with Gasteiger partial charge in [-0.2, -0.15) is 0 Å². The Bertz CT molecular complexity index is 2180. The molecule has 6 aromatic rings. The maximum Gasteiger partial charge on any atom is 0.154 e. The Kier molecular flexibility index (Phi) is 8.25. The summed E-state index contributed by atoms with van der Waals surface area (Å²) >= 11 is 0. The van der Waals surface area contributed by atoms with E-state index >= 15 is 9.79 Å². The lowest BCUT2D eigenvalue weighted by molar-refractivity contribution is -0.150. The van der Waals surface area contributed by atoms with Crippen LogP contribution in [0.3, 0.4) is 0 Å². The van der Waals surface area contributed by atoms with Gasteiger partial charge in [-0.3, -0.25) is 0 Å². The molecule has 0 fully saturated rings. The van der Waals surface area contributed by atoms with E-state index in [4.69, 9.17) is 0 Å². The van der Waals surface area contributed by atoms with E-state index in [1.54, 1.807) is 0 Å². The molecule has 0 saturated carbocycles.